The SMILES string of the molecule is COCCN(c1cc(C(=O)Cc2ccc(S(N)(=O)=O)cc2C)ncn1)C1CCCCC1. The smallest absolute Gasteiger partial charge is 0.238 e. The molecule has 9 heteroatoms. The third-order valence-corrected chi connectivity index (χ3v) is 6.69. The van der Waals surface area contributed by atoms with E-state index in [9.17, 15) is 13.2 Å². The predicted octanol–water partition coefficient (Wildman–Crippen LogP) is 2.64. The molecule has 0 spiro atoms. The van der Waals surface area contributed by atoms with Crippen LogP contribution >= 0.6 is 0 Å². The molecule has 0 amide bonds. The fourth-order valence-corrected chi connectivity index (χ4v) is 4.63. The van der Waals surface area contributed by atoms with Crippen molar-refractivity contribution in [2.45, 2.75) is 56.4 Å². The van der Waals surface area contributed by atoms with Gasteiger partial charge in [0.05, 0.1) is 11.5 Å². The van der Waals surface area contributed by atoms with Crippen molar-refractivity contribution in [3.63, 3.8) is 0 Å². The molecule has 8 nitrogen and oxygen atoms in total. The van der Waals surface area contributed by atoms with Crippen LogP contribution < -0.4 is 10.0 Å². The van der Waals surface area contributed by atoms with Crippen molar-refractivity contribution in [1.82, 2.24) is 9.97 Å². The number of carbonyl (C=O) groups excluding carboxylic acids is 1. The van der Waals surface area contributed by atoms with Crippen molar-refractivity contribution in [3.8, 4) is 0 Å². The molecule has 1 aliphatic carbocycles. The molecule has 0 bridgehead atoms. The number of aromatic nitrogens is 2. The van der Waals surface area contributed by atoms with Gasteiger partial charge in [0.25, 0.3) is 0 Å². The number of ether oxygens (including phenoxy) is 1. The van der Waals surface area contributed by atoms with Crippen molar-refractivity contribution >= 4 is 21.6 Å². The lowest BCUT2D eigenvalue weighted by molar-refractivity contribution is 0.0988. The molecule has 1 aromatic heterocycles. The number of ketones is 1. The second kappa shape index (κ2) is 10.3. The second-order valence-corrected chi connectivity index (χ2v) is 9.53. The average molecular weight is 447 g/mol. The lowest BCUT2D eigenvalue weighted by atomic mass is 9.94. The van der Waals surface area contributed by atoms with E-state index in [1.807, 2.05) is 0 Å². The van der Waals surface area contributed by atoms with Gasteiger partial charge in [-0.25, -0.2) is 23.5 Å². The Hall–Kier alpha value is -2.36. The summed E-state index contributed by atoms with van der Waals surface area (Å²) in [5, 5.41) is 5.18. The normalized spacial score (nSPS) is 15.1. The topological polar surface area (TPSA) is 115 Å². The summed E-state index contributed by atoms with van der Waals surface area (Å²) >= 11 is 0. The summed E-state index contributed by atoms with van der Waals surface area (Å²) in [6.45, 7) is 3.05. The Morgan fingerprint density at radius 3 is 2.58 bits per heavy atom. The van der Waals surface area contributed by atoms with E-state index >= 15 is 0 Å². The van der Waals surface area contributed by atoms with Gasteiger partial charge in [-0.3, -0.25) is 4.79 Å². The lowest BCUT2D eigenvalue weighted by Gasteiger charge is -2.35. The van der Waals surface area contributed by atoms with E-state index in [2.05, 4.69) is 14.9 Å². The zero-order valence-corrected chi connectivity index (χ0v) is 18.9. The van der Waals surface area contributed by atoms with Crippen molar-refractivity contribution < 1.29 is 17.9 Å². The van der Waals surface area contributed by atoms with Crippen LogP contribution in [0.1, 0.15) is 53.7 Å². The first-order valence-corrected chi connectivity index (χ1v) is 12.1. The maximum atomic E-state index is 12.9. The van der Waals surface area contributed by atoms with Crippen molar-refractivity contribution in [2.24, 2.45) is 5.14 Å². The van der Waals surface area contributed by atoms with E-state index in [0.29, 0.717) is 30.5 Å². The standard InChI is InChI=1S/C22H30N4O4S/c1-16-12-19(31(23,28)29)9-8-17(16)13-21(27)20-14-22(25-15-24-20)26(10-11-30-2)18-6-4-3-5-7-18/h8-9,12,14-15,18H,3-7,10-11,13H2,1-2H3,(H2,23,28,29). The number of anilines is 1. The van der Waals surface area contributed by atoms with Crippen LogP contribution in [0.2, 0.25) is 0 Å². The van der Waals surface area contributed by atoms with Crippen molar-refractivity contribution in [3.05, 3.63) is 47.4 Å². The van der Waals surface area contributed by atoms with Crippen LogP contribution in [0.15, 0.2) is 35.5 Å². The Labute approximate surface area is 183 Å². The van der Waals surface area contributed by atoms with E-state index in [0.717, 1.165) is 24.2 Å². The number of primary sulfonamides is 1. The maximum absolute atomic E-state index is 12.9. The molecule has 0 atom stereocenters. The Bertz CT molecular complexity index is 1020. The van der Waals surface area contributed by atoms with Crippen LogP contribution in [0.25, 0.3) is 0 Å². The van der Waals surface area contributed by atoms with Crippen LogP contribution in [-0.4, -0.2) is 50.5 Å². The summed E-state index contributed by atoms with van der Waals surface area (Å²) < 4.78 is 28.3. The Morgan fingerprint density at radius 1 is 1.19 bits per heavy atom. The van der Waals surface area contributed by atoms with Gasteiger partial charge in [-0.2, -0.15) is 0 Å². The molecule has 1 fully saturated rings. The molecular formula is C22H30N4O4S. The van der Waals surface area contributed by atoms with E-state index in [1.165, 1.54) is 37.7 Å². The van der Waals surface area contributed by atoms with Gasteiger partial charge >= 0.3 is 0 Å². The van der Waals surface area contributed by atoms with E-state index < -0.39 is 10.0 Å². The van der Waals surface area contributed by atoms with Crippen LogP contribution in [0.5, 0.6) is 0 Å². The highest BCUT2D eigenvalue weighted by Crippen LogP contribution is 2.26. The molecule has 0 saturated heterocycles. The molecule has 1 aliphatic rings. The summed E-state index contributed by atoms with van der Waals surface area (Å²) in [5.74, 6) is 0.592. The first-order valence-electron chi connectivity index (χ1n) is 10.5. The number of carbonyl (C=O) groups is 1. The number of aryl methyl sites for hydroxylation is 1. The fourth-order valence-electron chi connectivity index (χ4n) is 4.03. The molecular weight excluding hydrogens is 416 g/mol. The van der Waals surface area contributed by atoms with E-state index in [-0.39, 0.29) is 17.1 Å². The monoisotopic (exact) mass is 446 g/mol. The fraction of sp³-hybridized carbons (Fsp3) is 0.500. The van der Waals surface area contributed by atoms with Gasteiger partial charge in [-0.05, 0) is 43.0 Å². The molecule has 0 radical (unpaired) electrons. The number of nitrogens with zero attached hydrogens (tertiary/aromatic N) is 3. The van der Waals surface area contributed by atoms with Crippen molar-refractivity contribution in [1.29, 1.82) is 0 Å². The predicted molar refractivity (Wildman–Crippen MR) is 119 cm³/mol. The Balaban J connectivity index is 1.80. The van der Waals surface area contributed by atoms with Crippen LogP contribution in [0.3, 0.4) is 0 Å². The van der Waals surface area contributed by atoms with E-state index in [1.54, 1.807) is 26.2 Å². The number of Topliss-reactive ketones (excluding diaryl/α,β-unsaturated/α-hetero) is 1. The summed E-state index contributed by atoms with van der Waals surface area (Å²) in [7, 11) is -2.10. The highest BCUT2D eigenvalue weighted by atomic mass is 32.2. The summed E-state index contributed by atoms with van der Waals surface area (Å²) in [6.07, 6.45) is 7.40. The van der Waals surface area contributed by atoms with Gasteiger partial charge in [-0.1, -0.05) is 25.3 Å². The van der Waals surface area contributed by atoms with Crippen LogP contribution in [0, 0.1) is 6.92 Å². The number of benzene rings is 1. The van der Waals surface area contributed by atoms with Gasteiger partial charge in [0.15, 0.2) is 5.78 Å². The Morgan fingerprint density at radius 2 is 1.94 bits per heavy atom. The maximum Gasteiger partial charge on any atom is 0.238 e. The molecule has 0 unspecified atom stereocenters. The number of methoxy groups -OCH3 is 1. The molecule has 168 valence electrons. The molecule has 3 rings (SSSR count). The molecule has 2 aromatic rings. The summed E-state index contributed by atoms with van der Waals surface area (Å²) in [5.41, 5.74) is 1.78. The van der Waals surface area contributed by atoms with Gasteiger partial charge in [-0.15, -0.1) is 0 Å². The number of rotatable bonds is 9. The third-order valence-electron chi connectivity index (χ3n) is 5.78. The first kappa shape index (κ1) is 23.3. The number of hydrogen-bond donors (Lipinski definition) is 1. The molecule has 1 aromatic carbocycles. The van der Waals surface area contributed by atoms with Crippen LogP contribution in [-0.2, 0) is 21.2 Å². The van der Waals surface area contributed by atoms with Crippen molar-refractivity contribution in [2.75, 3.05) is 25.2 Å². The summed E-state index contributed by atoms with van der Waals surface area (Å²) in [6, 6.07) is 6.67. The minimum atomic E-state index is -3.78. The number of nitrogens with two attached hydrogens (primary N) is 1. The minimum Gasteiger partial charge on any atom is -0.383 e. The van der Waals surface area contributed by atoms with Crippen LogP contribution in [0.4, 0.5) is 5.82 Å². The number of hydrogen-bond acceptors (Lipinski definition) is 7. The highest BCUT2D eigenvalue weighted by Gasteiger charge is 2.23. The molecule has 2 N–H and O–H groups in total. The zero-order valence-electron chi connectivity index (χ0n) is 18.1. The average Bonchev–Trinajstić information content (AvgIpc) is 2.75. The van der Waals surface area contributed by atoms with E-state index in [4.69, 9.17) is 9.88 Å². The second-order valence-electron chi connectivity index (χ2n) is 7.97. The van der Waals surface area contributed by atoms with Gasteiger partial charge in [0, 0.05) is 32.2 Å². The first-order chi connectivity index (χ1) is 14.8. The lowest BCUT2D eigenvalue weighted by Crippen LogP contribution is -2.39. The summed E-state index contributed by atoms with van der Waals surface area (Å²) in [4.78, 5) is 23.8. The number of sulfonamides is 1. The van der Waals surface area contributed by atoms with Gasteiger partial charge < -0.3 is 9.64 Å². The molecule has 1 saturated carbocycles. The largest absolute Gasteiger partial charge is 0.383 e. The Kier molecular flexibility index (Phi) is 7.74. The third kappa shape index (κ3) is 6.09. The molecule has 31 heavy (non-hydrogen) atoms. The highest BCUT2D eigenvalue weighted by molar-refractivity contribution is 7.89. The van der Waals surface area contributed by atoms with Gasteiger partial charge in [0.2, 0.25) is 10.0 Å². The zero-order chi connectivity index (χ0) is 22.4. The van der Waals surface area contributed by atoms with Gasteiger partial charge in [0.1, 0.15) is 17.8 Å². The minimum absolute atomic E-state index is 0.0341. The molecule has 0 aliphatic heterocycles. The molecule has 1 heterocycles. The quantitative estimate of drug-likeness (QED) is 0.589.